The Balaban J connectivity index is 2.10. The monoisotopic (exact) mass is 341 g/mol. The highest BCUT2D eigenvalue weighted by Crippen LogP contribution is 2.26. The Hall–Kier alpha value is -0.900. The molecule has 1 unspecified atom stereocenters. The minimum Gasteiger partial charge on any atom is -0.339 e. The lowest BCUT2D eigenvalue weighted by atomic mass is 9.96. The minimum absolute atomic E-state index is 0.168. The van der Waals surface area contributed by atoms with Gasteiger partial charge in [-0.3, -0.25) is 4.79 Å². The van der Waals surface area contributed by atoms with Gasteiger partial charge in [-0.25, -0.2) is 4.39 Å². The summed E-state index contributed by atoms with van der Waals surface area (Å²) < 4.78 is 14.4. The molecule has 20 heavy (non-hydrogen) atoms. The molecule has 0 aliphatic carbocycles. The summed E-state index contributed by atoms with van der Waals surface area (Å²) in [4.78, 5) is 14.3. The first-order valence-electron chi connectivity index (χ1n) is 7.36. The van der Waals surface area contributed by atoms with Crippen LogP contribution in [0.25, 0.3) is 0 Å². The Morgan fingerprint density at radius 2 is 2.20 bits per heavy atom. The first kappa shape index (κ1) is 15.5. The number of benzene rings is 1. The van der Waals surface area contributed by atoms with E-state index in [1.807, 2.05) is 0 Å². The van der Waals surface area contributed by atoms with Gasteiger partial charge in [0.2, 0.25) is 0 Å². The fraction of sp³-hybridized carbons (Fsp3) is 0.562. The quantitative estimate of drug-likeness (QED) is 0.784. The van der Waals surface area contributed by atoms with Crippen LogP contribution in [0.4, 0.5) is 4.39 Å². The average molecular weight is 342 g/mol. The number of amides is 1. The maximum atomic E-state index is 13.9. The van der Waals surface area contributed by atoms with Crippen LogP contribution in [0, 0.1) is 11.7 Å². The van der Waals surface area contributed by atoms with Gasteiger partial charge in [-0.15, -0.1) is 0 Å². The van der Waals surface area contributed by atoms with Crippen LogP contribution in [0.1, 0.15) is 49.4 Å². The number of carbonyl (C=O) groups is 1. The van der Waals surface area contributed by atoms with E-state index in [0.29, 0.717) is 10.4 Å². The van der Waals surface area contributed by atoms with E-state index in [2.05, 4.69) is 22.9 Å². The number of nitrogens with zero attached hydrogens (tertiary/aromatic N) is 1. The molecular weight excluding hydrogens is 321 g/mol. The van der Waals surface area contributed by atoms with Gasteiger partial charge in [0.15, 0.2) is 0 Å². The zero-order valence-electron chi connectivity index (χ0n) is 11.9. The molecule has 2 rings (SSSR count). The van der Waals surface area contributed by atoms with Crippen LogP contribution in [0.3, 0.4) is 0 Å². The molecule has 1 aromatic carbocycles. The Bertz CT molecular complexity index is 457. The highest BCUT2D eigenvalue weighted by atomic mass is 79.9. The summed E-state index contributed by atoms with van der Waals surface area (Å²) in [5, 5.41) is 0. The van der Waals surface area contributed by atoms with Crippen LogP contribution in [0.5, 0.6) is 0 Å². The summed E-state index contributed by atoms with van der Waals surface area (Å²) in [6.07, 6.45) is 5.65. The van der Waals surface area contributed by atoms with Crippen molar-refractivity contribution in [3.63, 3.8) is 0 Å². The van der Waals surface area contributed by atoms with Gasteiger partial charge >= 0.3 is 0 Å². The van der Waals surface area contributed by atoms with Crippen molar-refractivity contribution in [2.24, 2.45) is 5.92 Å². The lowest BCUT2D eigenvalue weighted by molar-refractivity contribution is 0.0754. The number of halogens is 2. The van der Waals surface area contributed by atoms with Crippen LogP contribution >= 0.6 is 15.9 Å². The number of rotatable bonds is 3. The molecule has 1 fully saturated rings. The normalized spacial score (nSPS) is 19.8. The molecule has 0 bridgehead atoms. The molecule has 1 aliphatic rings. The van der Waals surface area contributed by atoms with Crippen molar-refractivity contribution in [3.8, 4) is 0 Å². The van der Waals surface area contributed by atoms with Crippen molar-refractivity contribution in [3.05, 3.63) is 34.1 Å². The molecule has 0 spiro atoms. The van der Waals surface area contributed by atoms with E-state index in [-0.39, 0.29) is 11.5 Å². The van der Waals surface area contributed by atoms with Gasteiger partial charge in [-0.2, -0.15) is 0 Å². The van der Waals surface area contributed by atoms with Gasteiger partial charge < -0.3 is 4.90 Å². The summed E-state index contributed by atoms with van der Waals surface area (Å²) in [6.45, 7) is 3.67. The van der Waals surface area contributed by atoms with E-state index in [9.17, 15) is 9.18 Å². The highest BCUT2D eigenvalue weighted by molar-refractivity contribution is 9.10. The van der Waals surface area contributed by atoms with Crippen LogP contribution in [-0.2, 0) is 0 Å². The molecule has 2 nitrogen and oxygen atoms in total. The van der Waals surface area contributed by atoms with E-state index < -0.39 is 5.82 Å². The summed E-state index contributed by atoms with van der Waals surface area (Å²) in [7, 11) is 0. The molecule has 1 atom stereocenters. The predicted molar refractivity (Wildman–Crippen MR) is 82.3 cm³/mol. The lowest BCUT2D eigenvalue weighted by Crippen LogP contribution is -2.32. The van der Waals surface area contributed by atoms with E-state index in [1.165, 1.54) is 25.3 Å². The molecule has 1 heterocycles. The Kier molecular flexibility index (Phi) is 5.58. The Labute approximate surface area is 128 Å². The lowest BCUT2D eigenvalue weighted by Gasteiger charge is -2.21. The molecule has 0 radical (unpaired) electrons. The summed E-state index contributed by atoms with van der Waals surface area (Å²) >= 11 is 3.28. The van der Waals surface area contributed by atoms with Crippen LogP contribution < -0.4 is 0 Å². The summed E-state index contributed by atoms with van der Waals surface area (Å²) in [6, 6.07) is 4.67. The largest absolute Gasteiger partial charge is 0.339 e. The maximum Gasteiger partial charge on any atom is 0.257 e. The summed E-state index contributed by atoms with van der Waals surface area (Å²) in [5.41, 5.74) is 0.168. The first-order chi connectivity index (χ1) is 9.63. The van der Waals surface area contributed by atoms with Crippen molar-refractivity contribution in [2.75, 3.05) is 13.1 Å². The number of carbonyl (C=O) groups excluding carboxylic acids is 1. The minimum atomic E-state index is -0.446. The maximum absolute atomic E-state index is 13.9. The third-order valence-electron chi connectivity index (χ3n) is 4.01. The predicted octanol–water partition coefficient (Wildman–Crippen LogP) is 4.63. The van der Waals surface area contributed by atoms with E-state index in [4.69, 9.17) is 0 Å². The standard InChI is InChI=1S/C16H21BrFNO/c1-2-5-12-6-4-10-19(11-9-12)16(20)15-13(17)7-3-8-14(15)18/h3,7-8,12H,2,4-6,9-11H2,1H3. The van der Waals surface area contributed by atoms with Crippen molar-refractivity contribution in [1.29, 1.82) is 0 Å². The Morgan fingerprint density at radius 3 is 2.90 bits per heavy atom. The number of hydrogen-bond acceptors (Lipinski definition) is 1. The van der Waals surface area contributed by atoms with Gasteiger partial charge in [0.25, 0.3) is 5.91 Å². The second-order valence-corrected chi connectivity index (χ2v) is 6.33. The third kappa shape index (κ3) is 3.60. The van der Waals surface area contributed by atoms with Crippen molar-refractivity contribution in [2.45, 2.75) is 39.0 Å². The molecule has 0 aromatic heterocycles. The molecule has 0 saturated carbocycles. The zero-order valence-corrected chi connectivity index (χ0v) is 13.5. The topological polar surface area (TPSA) is 20.3 Å². The first-order valence-corrected chi connectivity index (χ1v) is 8.16. The van der Waals surface area contributed by atoms with E-state index in [1.54, 1.807) is 17.0 Å². The van der Waals surface area contributed by atoms with Gasteiger partial charge in [0.1, 0.15) is 5.82 Å². The second kappa shape index (κ2) is 7.21. The summed E-state index contributed by atoms with van der Waals surface area (Å²) in [5.74, 6) is 0.0766. The third-order valence-corrected chi connectivity index (χ3v) is 4.67. The SMILES string of the molecule is CCCC1CCCN(C(=O)c2c(F)cccc2Br)CC1. The number of hydrogen-bond donors (Lipinski definition) is 0. The highest BCUT2D eigenvalue weighted by Gasteiger charge is 2.24. The van der Waals surface area contributed by atoms with Gasteiger partial charge in [0.05, 0.1) is 5.56 Å². The smallest absolute Gasteiger partial charge is 0.257 e. The fourth-order valence-corrected chi connectivity index (χ4v) is 3.44. The molecule has 110 valence electrons. The molecule has 1 saturated heterocycles. The molecular formula is C16H21BrFNO. The van der Waals surface area contributed by atoms with Gasteiger partial charge in [-0.1, -0.05) is 25.8 Å². The van der Waals surface area contributed by atoms with Crippen molar-refractivity contribution >= 4 is 21.8 Å². The van der Waals surface area contributed by atoms with Crippen molar-refractivity contribution in [1.82, 2.24) is 4.90 Å². The van der Waals surface area contributed by atoms with Gasteiger partial charge in [0, 0.05) is 17.6 Å². The van der Waals surface area contributed by atoms with Crippen LogP contribution in [-0.4, -0.2) is 23.9 Å². The second-order valence-electron chi connectivity index (χ2n) is 5.47. The Morgan fingerprint density at radius 1 is 1.40 bits per heavy atom. The van der Waals surface area contributed by atoms with E-state index >= 15 is 0 Å². The van der Waals surface area contributed by atoms with Crippen LogP contribution in [0.2, 0.25) is 0 Å². The molecule has 0 N–H and O–H groups in total. The zero-order chi connectivity index (χ0) is 14.5. The van der Waals surface area contributed by atoms with Crippen molar-refractivity contribution < 1.29 is 9.18 Å². The van der Waals surface area contributed by atoms with Crippen LogP contribution in [0.15, 0.2) is 22.7 Å². The molecule has 1 aliphatic heterocycles. The average Bonchev–Trinajstić information content (AvgIpc) is 2.64. The number of likely N-dealkylation sites (tertiary alicyclic amines) is 1. The van der Waals surface area contributed by atoms with E-state index in [0.717, 1.165) is 25.9 Å². The van der Waals surface area contributed by atoms with Gasteiger partial charge in [-0.05, 0) is 53.2 Å². The fourth-order valence-electron chi connectivity index (χ4n) is 2.93. The molecule has 4 heteroatoms. The molecule has 1 amide bonds. The molecule has 1 aromatic rings.